The molecule has 0 aromatic rings. The molecule has 0 unspecified atom stereocenters. The summed E-state index contributed by atoms with van der Waals surface area (Å²) in [5, 5.41) is 2.83. The summed E-state index contributed by atoms with van der Waals surface area (Å²) in [7, 11) is 0. The van der Waals surface area contributed by atoms with Crippen molar-refractivity contribution in [2.45, 2.75) is 27.2 Å². The van der Waals surface area contributed by atoms with Crippen molar-refractivity contribution in [2.24, 2.45) is 11.3 Å². The Balaban J connectivity index is 1.61. The van der Waals surface area contributed by atoms with Crippen LogP contribution in [0.4, 0.5) is 4.79 Å². The summed E-state index contributed by atoms with van der Waals surface area (Å²) in [4.78, 5) is 37.5. The van der Waals surface area contributed by atoms with Gasteiger partial charge in [0.25, 0.3) is 11.8 Å². The molecule has 1 saturated heterocycles. The average Bonchev–Trinajstić information content (AvgIpc) is 2.61. The Hall–Kier alpha value is -1.85. The fourth-order valence-corrected chi connectivity index (χ4v) is 2.39. The molecule has 2 aliphatic rings. The molecule has 6 nitrogen and oxygen atoms in total. The summed E-state index contributed by atoms with van der Waals surface area (Å²) in [5.41, 5.74) is 0.236. The first-order valence-electron chi connectivity index (χ1n) is 7.35. The molecule has 116 valence electrons. The number of nitrogens with zero attached hydrogens (tertiary/aromatic N) is 2. The lowest BCUT2D eigenvalue weighted by Crippen LogP contribution is -2.57. The molecule has 0 saturated carbocycles. The third-order valence-electron chi connectivity index (χ3n) is 4.13. The summed E-state index contributed by atoms with van der Waals surface area (Å²) in [6.07, 6.45) is 3.11. The molecule has 2 rings (SSSR count). The van der Waals surface area contributed by atoms with Crippen LogP contribution in [0.3, 0.4) is 0 Å². The maximum atomic E-state index is 11.9. The Morgan fingerprint density at radius 1 is 1.24 bits per heavy atom. The van der Waals surface area contributed by atoms with E-state index in [2.05, 4.69) is 26.1 Å². The van der Waals surface area contributed by atoms with Crippen LogP contribution >= 0.6 is 0 Å². The molecule has 2 aliphatic heterocycles. The van der Waals surface area contributed by atoms with Crippen LogP contribution in [-0.2, 0) is 9.59 Å². The van der Waals surface area contributed by atoms with Gasteiger partial charge in [0.1, 0.15) is 0 Å². The van der Waals surface area contributed by atoms with Crippen LogP contribution in [-0.4, -0.2) is 53.8 Å². The summed E-state index contributed by atoms with van der Waals surface area (Å²) in [5.74, 6) is -0.00153. The Kier molecular flexibility index (Phi) is 4.34. The minimum atomic E-state index is -0.276. The van der Waals surface area contributed by atoms with Crippen molar-refractivity contribution in [3.63, 3.8) is 0 Å². The number of likely N-dealkylation sites (tertiary alicyclic amines) is 1. The number of carbonyl (C=O) groups is 3. The van der Waals surface area contributed by atoms with E-state index in [1.807, 2.05) is 0 Å². The number of hydrogen-bond donors (Lipinski definition) is 1. The zero-order valence-electron chi connectivity index (χ0n) is 12.9. The van der Waals surface area contributed by atoms with Gasteiger partial charge in [0.15, 0.2) is 0 Å². The van der Waals surface area contributed by atoms with Crippen molar-refractivity contribution in [3.8, 4) is 0 Å². The van der Waals surface area contributed by atoms with E-state index in [4.69, 9.17) is 0 Å². The number of carbonyl (C=O) groups excluding carboxylic acids is 3. The third-order valence-corrected chi connectivity index (χ3v) is 4.13. The Morgan fingerprint density at radius 3 is 2.33 bits per heavy atom. The Bertz CT molecular complexity index is 455. The van der Waals surface area contributed by atoms with E-state index in [0.717, 1.165) is 13.1 Å². The van der Waals surface area contributed by atoms with E-state index < -0.39 is 0 Å². The minimum absolute atomic E-state index is 0.0623. The summed E-state index contributed by atoms with van der Waals surface area (Å²) >= 11 is 0. The van der Waals surface area contributed by atoms with Crippen molar-refractivity contribution < 1.29 is 14.4 Å². The number of imide groups is 1. The molecular weight excluding hydrogens is 270 g/mol. The minimum Gasteiger partial charge on any atom is -0.338 e. The van der Waals surface area contributed by atoms with Crippen LogP contribution < -0.4 is 5.32 Å². The van der Waals surface area contributed by atoms with Crippen molar-refractivity contribution in [1.82, 2.24) is 15.1 Å². The van der Waals surface area contributed by atoms with Gasteiger partial charge in [-0.25, -0.2) is 4.79 Å². The number of rotatable bonds is 4. The van der Waals surface area contributed by atoms with E-state index in [1.54, 1.807) is 4.90 Å². The van der Waals surface area contributed by atoms with Gasteiger partial charge in [-0.05, 0) is 17.8 Å². The van der Waals surface area contributed by atoms with E-state index in [1.165, 1.54) is 17.1 Å². The second-order valence-electron chi connectivity index (χ2n) is 6.71. The highest BCUT2D eigenvalue weighted by molar-refractivity contribution is 6.12. The van der Waals surface area contributed by atoms with Crippen molar-refractivity contribution in [1.29, 1.82) is 0 Å². The maximum Gasteiger partial charge on any atom is 0.317 e. The topological polar surface area (TPSA) is 69.7 Å². The van der Waals surface area contributed by atoms with Gasteiger partial charge in [-0.15, -0.1) is 0 Å². The second-order valence-corrected chi connectivity index (χ2v) is 6.71. The van der Waals surface area contributed by atoms with E-state index in [0.29, 0.717) is 25.4 Å². The maximum absolute atomic E-state index is 11.9. The van der Waals surface area contributed by atoms with Gasteiger partial charge in [0.05, 0.1) is 0 Å². The van der Waals surface area contributed by atoms with Gasteiger partial charge in [-0.2, -0.15) is 0 Å². The average molecular weight is 293 g/mol. The van der Waals surface area contributed by atoms with Crippen LogP contribution in [0.5, 0.6) is 0 Å². The van der Waals surface area contributed by atoms with Crippen LogP contribution in [0.25, 0.3) is 0 Å². The zero-order chi connectivity index (χ0) is 15.6. The van der Waals surface area contributed by atoms with Crippen LogP contribution in [0.15, 0.2) is 12.2 Å². The quantitative estimate of drug-likeness (QED) is 0.621. The highest BCUT2D eigenvalue weighted by atomic mass is 16.2. The number of urea groups is 1. The monoisotopic (exact) mass is 293 g/mol. The molecule has 0 aromatic carbocycles. The highest BCUT2D eigenvalue weighted by Crippen LogP contribution is 2.33. The summed E-state index contributed by atoms with van der Waals surface area (Å²) in [6, 6.07) is -0.0623. The van der Waals surface area contributed by atoms with Gasteiger partial charge >= 0.3 is 6.03 Å². The molecule has 1 fully saturated rings. The van der Waals surface area contributed by atoms with Gasteiger partial charge in [0, 0.05) is 38.3 Å². The summed E-state index contributed by atoms with van der Waals surface area (Å²) < 4.78 is 0. The first-order chi connectivity index (χ1) is 9.79. The molecule has 0 radical (unpaired) electrons. The molecule has 0 spiro atoms. The van der Waals surface area contributed by atoms with Gasteiger partial charge in [-0.1, -0.05) is 20.8 Å². The SMILES string of the molecule is CC(C)(C)C1CN(C(=O)NCCCN2C(=O)C=CC2=O)C1. The van der Waals surface area contributed by atoms with Crippen LogP contribution in [0.1, 0.15) is 27.2 Å². The van der Waals surface area contributed by atoms with E-state index in [9.17, 15) is 14.4 Å². The van der Waals surface area contributed by atoms with Gasteiger partial charge in [-0.3, -0.25) is 14.5 Å². The molecule has 0 aliphatic carbocycles. The zero-order valence-corrected chi connectivity index (χ0v) is 12.9. The van der Waals surface area contributed by atoms with Gasteiger partial charge < -0.3 is 10.2 Å². The number of hydrogen-bond acceptors (Lipinski definition) is 3. The Labute approximate surface area is 125 Å². The Morgan fingerprint density at radius 2 is 1.81 bits per heavy atom. The molecule has 21 heavy (non-hydrogen) atoms. The van der Waals surface area contributed by atoms with Crippen molar-refractivity contribution in [3.05, 3.63) is 12.2 Å². The molecule has 0 aromatic heterocycles. The largest absolute Gasteiger partial charge is 0.338 e. The van der Waals surface area contributed by atoms with Crippen molar-refractivity contribution in [2.75, 3.05) is 26.2 Å². The van der Waals surface area contributed by atoms with Crippen LogP contribution in [0, 0.1) is 11.3 Å². The molecule has 6 heteroatoms. The van der Waals surface area contributed by atoms with E-state index in [-0.39, 0.29) is 23.3 Å². The standard InChI is InChI=1S/C15H23N3O3/c1-15(2,3)11-9-17(10-11)14(21)16-7-4-8-18-12(19)5-6-13(18)20/h5-6,11H,4,7-10H2,1-3H3,(H,16,21). The fourth-order valence-electron chi connectivity index (χ4n) is 2.39. The fraction of sp³-hybridized carbons (Fsp3) is 0.667. The molecule has 2 heterocycles. The predicted octanol–water partition coefficient (Wildman–Crippen LogP) is 0.989. The molecule has 0 atom stereocenters. The number of amides is 4. The van der Waals surface area contributed by atoms with E-state index >= 15 is 0 Å². The second kappa shape index (κ2) is 5.87. The smallest absolute Gasteiger partial charge is 0.317 e. The lowest BCUT2D eigenvalue weighted by Gasteiger charge is -2.46. The van der Waals surface area contributed by atoms with Crippen LogP contribution in [0.2, 0.25) is 0 Å². The first-order valence-corrected chi connectivity index (χ1v) is 7.35. The lowest BCUT2D eigenvalue weighted by molar-refractivity contribution is -0.136. The normalized spacial score (nSPS) is 19.2. The summed E-state index contributed by atoms with van der Waals surface area (Å²) in [6.45, 7) is 8.95. The molecular formula is C15H23N3O3. The highest BCUT2D eigenvalue weighted by Gasteiger charge is 2.37. The number of nitrogens with one attached hydrogen (secondary N) is 1. The molecule has 0 bridgehead atoms. The van der Waals surface area contributed by atoms with Gasteiger partial charge in [0.2, 0.25) is 0 Å². The lowest BCUT2D eigenvalue weighted by atomic mass is 9.76. The molecule has 1 N–H and O–H groups in total. The first kappa shape index (κ1) is 15.5. The third kappa shape index (κ3) is 3.62. The van der Waals surface area contributed by atoms with Crippen molar-refractivity contribution >= 4 is 17.8 Å². The predicted molar refractivity (Wildman–Crippen MR) is 78.4 cm³/mol. The molecule has 4 amide bonds.